The van der Waals surface area contributed by atoms with E-state index in [4.69, 9.17) is 17.4 Å². The molecule has 33 nitrogen and oxygen atoms in total. The standard InChI is InChI=1S/C46H41N11O19S7.O3S/c1-22-14-32(53-55-39-23(2)29(20-47)44-49-40-34(57(44)45(39)60)8-9-37(82(70,71)72)41(40)48-24(3)59)35(76-10-4-12-79(61,62)63)18-30(22)51-54-33-15-26(21-58)31(19-36(33)77-11-5-13-80(64,65)66)52-56-46-50-42-38(83(73,74)75)16-25-6-7-27(81(67,68)69)17-28(25)43(42)78-46;1-4(2)3/h6-9,14-19,58,60H,4-5,10-13,21H2,1-3H3,(H,48,59)(H,61,62,63)(H,64,65,66)(H,67,68,69)(H,70,71,72)(H,73,74,75);. The van der Waals surface area contributed by atoms with Gasteiger partial charge in [-0.25, -0.2) is 9.97 Å². The van der Waals surface area contributed by atoms with Crippen molar-refractivity contribution in [3.8, 4) is 17.7 Å². The summed E-state index contributed by atoms with van der Waals surface area (Å²) in [7, 11) is -26.5. The first kappa shape index (κ1) is 66.6. The summed E-state index contributed by atoms with van der Waals surface area (Å²) in [6.07, 6.45) is -0.304. The molecule has 3 aromatic heterocycles. The zero-order chi connectivity index (χ0) is 64.3. The van der Waals surface area contributed by atoms with E-state index in [1.54, 1.807) is 6.92 Å². The van der Waals surface area contributed by atoms with E-state index in [2.05, 4.69) is 46.0 Å². The van der Waals surface area contributed by atoms with Crippen LogP contribution in [0.3, 0.4) is 0 Å². The number of carbonyl (C=O) groups excluding carboxylic acids is 1. The van der Waals surface area contributed by atoms with Gasteiger partial charge in [-0.2, -0.15) is 52.5 Å². The molecule has 0 aliphatic carbocycles. The van der Waals surface area contributed by atoms with Crippen LogP contribution in [-0.4, -0.2) is 132 Å². The molecule has 0 bridgehead atoms. The minimum Gasteiger partial charge on any atom is -0.493 e. The molecule has 0 unspecified atom stereocenters. The van der Waals surface area contributed by atoms with Gasteiger partial charge in [0.05, 0.1) is 62.6 Å². The number of ether oxygens (including phenoxy) is 1. The second-order valence-corrected chi connectivity index (χ2v) is 27.8. The number of anilines is 1. The number of aliphatic hydroxyl groups is 1. The Balaban J connectivity index is 0.00000262. The lowest BCUT2D eigenvalue weighted by Gasteiger charge is -2.12. The van der Waals surface area contributed by atoms with E-state index < -0.39 is 111 Å². The van der Waals surface area contributed by atoms with E-state index in [0.29, 0.717) is 5.56 Å². The Bertz CT molecular complexity index is 5030. The molecular formula is C46H41N11O22S8. The topological polar surface area (TPSA) is 530 Å². The van der Waals surface area contributed by atoms with Gasteiger partial charge in [0.1, 0.15) is 43.9 Å². The number of carbonyl (C=O) groups is 1. The molecule has 0 saturated carbocycles. The Morgan fingerprint density at radius 2 is 1.38 bits per heavy atom. The molecule has 5 aromatic carbocycles. The number of thiazole rings is 1. The number of thioether (sulfide) groups is 1. The average molecular weight is 1360 g/mol. The van der Waals surface area contributed by atoms with Gasteiger partial charge < -0.3 is 20.3 Å². The Kier molecular flexibility index (Phi) is 20.0. The summed E-state index contributed by atoms with van der Waals surface area (Å²) >= 11 is 1.76. The van der Waals surface area contributed by atoms with Crippen LogP contribution >= 0.6 is 23.1 Å². The second kappa shape index (κ2) is 26.2. The number of aliphatic hydroxyl groups excluding tert-OH is 1. The van der Waals surface area contributed by atoms with Gasteiger partial charge in [-0.3, -0.25) is 32.0 Å². The monoisotopic (exact) mass is 1360 g/mol. The van der Waals surface area contributed by atoms with Gasteiger partial charge in [0.15, 0.2) is 11.3 Å². The zero-order valence-electron chi connectivity index (χ0n) is 44.2. The second-order valence-electron chi connectivity index (χ2n) is 17.9. The number of azo groups is 3. The van der Waals surface area contributed by atoms with Crippen molar-refractivity contribution in [2.45, 2.75) is 59.8 Å². The quantitative estimate of drug-likeness (QED) is 0.0146. The number of aromatic hydroxyl groups is 1. The molecule has 8 aromatic rings. The lowest BCUT2D eigenvalue weighted by molar-refractivity contribution is -0.114. The Labute approximate surface area is 501 Å². The number of hydrogen-bond donors (Lipinski definition) is 8. The fourth-order valence-electron chi connectivity index (χ4n) is 8.09. The highest BCUT2D eigenvalue weighted by Crippen LogP contribution is 2.45. The Morgan fingerprint density at radius 3 is 1.99 bits per heavy atom. The largest absolute Gasteiger partial charge is 0.493 e. The number of nitrogens with one attached hydrogen (secondary N) is 1. The summed E-state index contributed by atoms with van der Waals surface area (Å²) in [6, 6.07) is 13.9. The maximum Gasteiger partial charge on any atom is 0.425 e. The minimum atomic E-state index is -4.94. The number of fused-ring (bicyclic) bond motifs is 6. The van der Waals surface area contributed by atoms with E-state index in [0.717, 1.165) is 64.8 Å². The normalized spacial score (nSPS) is 12.6. The van der Waals surface area contributed by atoms with Crippen LogP contribution in [0.15, 0.2) is 111 Å². The number of pyridine rings is 1. The van der Waals surface area contributed by atoms with Gasteiger partial charge >= 0.3 is 10.6 Å². The highest BCUT2D eigenvalue weighted by atomic mass is 32.2. The molecule has 8 rings (SSSR count). The maximum absolute atomic E-state index is 12.5. The molecule has 87 heavy (non-hydrogen) atoms. The van der Waals surface area contributed by atoms with Crippen LogP contribution in [0, 0.1) is 25.2 Å². The van der Waals surface area contributed by atoms with Gasteiger partial charge in [-0.1, -0.05) is 17.4 Å². The lowest BCUT2D eigenvalue weighted by Crippen LogP contribution is -2.11. The van der Waals surface area contributed by atoms with Crippen LogP contribution in [0.2, 0.25) is 0 Å². The number of benzene rings is 5. The number of nitriles is 1. The number of amides is 1. The third kappa shape index (κ3) is 16.2. The fourth-order valence-corrected chi connectivity index (χ4v) is 13.0. The molecule has 0 spiro atoms. The van der Waals surface area contributed by atoms with Crippen LogP contribution in [0.1, 0.15) is 42.0 Å². The van der Waals surface area contributed by atoms with Crippen LogP contribution in [-0.2, 0) is 72.6 Å². The lowest BCUT2D eigenvalue weighted by atomic mass is 10.1. The Morgan fingerprint density at radius 1 is 0.747 bits per heavy atom. The number of aromatic nitrogens is 3. The van der Waals surface area contributed by atoms with Crippen LogP contribution < -0.4 is 10.1 Å². The van der Waals surface area contributed by atoms with Crippen molar-refractivity contribution in [3.05, 3.63) is 82.9 Å². The summed E-state index contributed by atoms with van der Waals surface area (Å²) in [4.78, 5) is 19.1. The maximum atomic E-state index is 12.5. The molecule has 0 atom stereocenters. The van der Waals surface area contributed by atoms with E-state index >= 15 is 0 Å². The fraction of sp³-hybridized carbons (Fsp3) is 0.217. The van der Waals surface area contributed by atoms with Crippen molar-refractivity contribution in [2.75, 3.05) is 29.2 Å². The van der Waals surface area contributed by atoms with Crippen molar-refractivity contribution in [2.24, 2.45) is 30.7 Å². The van der Waals surface area contributed by atoms with Crippen LogP contribution in [0.5, 0.6) is 11.6 Å². The smallest absolute Gasteiger partial charge is 0.425 e. The van der Waals surface area contributed by atoms with E-state index in [-0.39, 0.29) is 124 Å². The average Bonchev–Trinajstić information content (AvgIpc) is 1.66. The van der Waals surface area contributed by atoms with Crippen molar-refractivity contribution in [3.63, 3.8) is 0 Å². The molecule has 0 fully saturated rings. The summed E-state index contributed by atoms with van der Waals surface area (Å²) in [5, 5.41) is 60.7. The SMILES string of the molecule is CC(=O)Nc1c(S(=O)(=O)O)ccc2c1nc1c(C#N)c(C)c(N=Nc3cc(C)c(N=Nc4cc(CO)c(N=Nc5nc6c(S(=O)(=O)O)cc7ccc(S(=O)(=O)O)cc7c6s5)cc4SCCCS(=O)(=O)O)cc3OCCCS(=O)(=O)O)c(O)n12.O=S(=O)=O. The predicted molar refractivity (Wildman–Crippen MR) is 309 cm³/mol. The summed E-state index contributed by atoms with van der Waals surface area (Å²) in [5.74, 6) is -2.81. The zero-order valence-corrected chi connectivity index (χ0v) is 50.7. The minimum absolute atomic E-state index is 0.0192. The van der Waals surface area contributed by atoms with Gasteiger partial charge in [0.25, 0.3) is 50.6 Å². The van der Waals surface area contributed by atoms with Crippen LogP contribution in [0.25, 0.3) is 37.7 Å². The van der Waals surface area contributed by atoms with Crippen molar-refractivity contribution >= 4 is 167 Å². The van der Waals surface area contributed by atoms with Crippen molar-refractivity contribution in [1.29, 1.82) is 5.26 Å². The molecule has 460 valence electrons. The third-order valence-corrected chi connectivity index (χ3v) is 18.1. The van der Waals surface area contributed by atoms with E-state index in [9.17, 15) is 85.1 Å². The van der Waals surface area contributed by atoms with Gasteiger partial charge in [0.2, 0.25) is 16.9 Å². The first-order valence-electron chi connectivity index (χ1n) is 23.8. The third-order valence-electron chi connectivity index (χ3n) is 11.8. The number of imidazole rings is 1. The predicted octanol–water partition coefficient (Wildman–Crippen LogP) is 7.90. The molecule has 8 N–H and O–H groups in total. The Hall–Kier alpha value is -7.96. The first-order chi connectivity index (χ1) is 40.5. The highest BCUT2D eigenvalue weighted by molar-refractivity contribution is 7.99. The van der Waals surface area contributed by atoms with E-state index in [1.807, 2.05) is 6.07 Å². The molecular weight excluding hydrogens is 1320 g/mol. The van der Waals surface area contributed by atoms with E-state index in [1.165, 1.54) is 37.3 Å². The van der Waals surface area contributed by atoms with Gasteiger partial charge in [-0.15, -0.1) is 50.0 Å². The van der Waals surface area contributed by atoms with Crippen molar-refractivity contribution in [1.82, 2.24) is 14.4 Å². The number of aryl methyl sites for hydroxylation is 1. The summed E-state index contributed by atoms with van der Waals surface area (Å²) in [5.41, 5.74) is -1.28. The van der Waals surface area contributed by atoms with Crippen LogP contribution in [0.4, 0.5) is 39.3 Å². The number of nitrogens with zero attached hydrogens (tertiary/aromatic N) is 10. The summed E-state index contributed by atoms with van der Waals surface area (Å²) < 4.78 is 201. The molecule has 0 radical (unpaired) electrons. The summed E-state index contributed by atoms with van der Waals surface area (Å²) in [6.45, 7) is 2.98. The first-order valence-corrected chi connectivity index (χ1v) is 34.1. The number of rotatable bonds is 21. The molecule has 0 aliphatic rings. The molecule has 1 amide bonds. The number of hydrogen-bond acceptors (Lipinski definition) is 28. The molecule has 0 saturated heterocycles. The molecule has 3 heterocycles. The molecule has 41 heteroatoms. The van der Waals surface area contributed by atoms with Gasteiger partial charge in [0, 0.05) is 34.4 Å². The van der Waals surface area contributed by atoms with Gasteiger partial charge in [-0.05, 0) is 91.9 Å². The van der Waals surface area contributed by atoms with Crippen molar-refractivity contribution < 1.29 is 97.2 Å². The highest BCUT2D eigenvalue weighted by Gasteiger charge is 2.28. The molecule has 0 aliphatic heterocycles.